The molecule has 0 amide bonds. The molecule has 0 spiro atoms. The van der Waals surface area contributed by atoms with E-state index in [1.807, 2.05) is 13.0 Å². The summed E-state index contributed by atoms with van der Waals surface area (Å²) in [5.74, 6) is 1.06. The molecule has 1 aromatic carbocycles. The van der Waals surface area contributed by atoms with Gasteiger partial charge in [-0.05, 0) is 37.3 Å². The van der Waals surface area contributed by atoms with Crippen LogP contribution in [-0.4, -0.2) is 52.5 Å². The van der Waals surface area contributed by atoms with Gasteiger partial charge in [-0.2, -0.15) is 0 Å². The van der Waals surface area contributed by atoms with E-state index in [1.165, 1.54) is 0 Å². The summed E-state index contributed by atoms with van der Waals surface area (Å²) in [6, 6.07) is 8.55. The van der Waals surface area contributed by atoms with Gasteiger partial charge < -0.3 is 15.4 Å². The Hall–Kier alpha value is -1.60. The first-order valence-corrected chi connectivity index (χ1v) is 11.8. The van der Waals surface area contributed by atoms with Crippen LogP contribution in [0, 0.1) is 11.3 Å². The Bertz CT molecular complexity index is 727. The molecule has 158 valence electrons. The number of hydrogen-bond donors (Lipinski definition) is 2. The van der Waals surface area contributed by atoms with E-state index < -0.39 is 9.84 Å². The normalized spacial score (nSPS) is 21.4. The second-order valence-electron chi connectivity index (χ2n) is 8.34. The maximum absolute atomic E-state index is 12.4. The average molecular weight is 410 g/mol. The first-order valence-electron chi connectivity index (χ1n) is 10.2. The molecule has 1 aliphatic heterocycles. The quantitative estimate of drug-likeness (QED) is 0.535. The molecule has 1 aliphatic rings. The molecule has 1 fully saturated rings. The summed E-state index contributed by atoms with van der Waals surface area (Å²) in [6.45, 7) is 11.1. The lowest BCUT2D eigenvalue weighted by molar-refractivity contribution is -0.0823. The van der Waals surface area contributed by atoms with Crippen LogP contribution in [0.15, 0.2) is 40.2 Å². The number of rotatable bonds is 7. The summed E-state index contributed by atoms with van der Waals surface area (Å²) in [7, 11) is -3.30. The fraction of sp³-hybridized carbons (Fsp3) is 0.667. The highest BCUT2D eigenvalue weighted by atomic mass is 32.2. The summed E-state index contributed by atoms with van der Waals surface area (Å²) in [4.78, 5) is 5.07. The summed E-state index contributed by atoms with van der Waals surface area (Å²) in [6.07, 6.45) is 2.35. The second kappa shape index (κ2) is 10.3. The van der Waals surface area contributed by atoms with Crippen LogP contribution in [0.2, 0.25) is 0 Å². The first-order chi connectivity index (χ1) is 13.2. The maximum atomic E-state index is 12.4. The molecule has 0 aliphatic carbocycles. The smallest absolute Gasteiger partial charge is 0.191 e. The molecule has 28 heavy (non-hydrogen) atoms. The molecule has 6 nitrogen and oxygen atoms in total. The first kappa shape index (κ1) is 22.7. The topological polar surface area (TPSA) is 79.8 Å². The van der Waals surface area contributed by atoms with Crippen LogP contribution >= 0.6 is 0 Å². The Morgan fingerprint density at radius 3 is 2.57 bits per heavy atom. The molecule has 0 bridgehead atoms. The Kier molecular flexibility index (Phi) is 8.31. The molecule has 0 aromatic heterocycles. The van der Waals surface area contributed by atoms with Crippen LogP contribution in [0.3, 0.4) is 0 Å². The predicted octanol–water partition coefficient (Wildman–Crippen LogP) is 2.86. The molecule has 2 unspecified atom stereocenters. The molecule has 2 atom stereocenters. The third-order valence-corrected chi connectivity index (χ3v) is 6.62. The minimum absolute atomic E-state index is 0.0264. The second-order valence-corrected chi connectivity index (χ2v) is 10.4. The highest BCUT2D eigenvalue weighted by molar-refractivity contribution is 7.91. The van der Waals surface area contributed by atoms with Crippen molar-refractivity contribution >= 4 is 15.8 Å². The van der Waals surface area contributed by atoms with Gasteiger partial charge >= 0.3 is 0 Å². The lowest BCUT2D eigenvalue weighted by Crippen LogP contribution is -2.43. The van der Waals surface area contributed by atoms with Gasteiger partial charge in [0.05, 0.1) is 16.8 Å². The Labute approximate surface area is 170 Å². The molecule has 0 radical (unpaired) electrons. The lowest BCUT2D eigenvalue weighted by atomic mass is 9.78. The minimum Gasteiger partial charge on any atom is -0.377 e. The number of ether oxygens (including phenoxy) is 1. The molecular weight excluding hydrogens is 374 g/mol. The van der Waals surface area contributed by atoms with Crippen LogP contribution in [-0.2, 0) is 14.6 Å². The van der Waals surface area contributed by atoms with Crippen LogP contribution in [0.4, 0.5) is 0 Å². The summed E-state index contributed by atoms with van der Waals surface area (Å²) < 4.78 is 30.9. The van der Waals surface area contributed by atoms with Gasteiger partial charge in [0.15, 0.2) is 15.8 Å². The molecule has 1 heterocycles. The van der Waals surface area contributed by atoms with E-state index in [0.717, 1.165) is 26.0 Å². The van der Waals surface area contributed by atoms with Crippen molar-refractivity contribution in [2.45, 2.75) is 51.5 Å². The number of guanidine groups is 1. The van der Waals surface area contributed by atoms with E-state index >= 15 is 0 Å². The van der Waals surface area contributed by atoms with Crippen LogP contribution < -0.4 is 10.6 Å². The molecule has 7 heteroatoms. The predicted molar refractivity (Wildman–Crippen MR) is 114 cm³/mol. The van der Waals surface area contributed by atoms with Crippen molar-refractivity contribution in [3.05, 3.63) is 30.3 Å². The van der Waals surface area contributed by atoms with Crippen molar-refractivity contribution in [2.75, 3.05) is 32.0 Å². The summed E-state index contributed by atoms with van der Waals surface area (Å²) in [5, 5.41) is 6.36. The SMILES string of the molecule is CCNC(=NCC1CCCOC1C(C)(C)C)NCCS(=O)(=O)c1ccccc1. The van der Waals surface area contributed by atoms with Gasteiger partial charge in [0.2, 0.25) is 0 Å². The number of hydrogen-bond acceptors (Lipinski definition) is 4. The zero-order chi connectivity index (χ0) is 20.6. The number of nitrogens with zero attached hydrogens (tertiary/aromatic N) is 1. The highest BCUT2D eigenvalue weighted by Gasteiger charge is 2.35. The van der Waals surface area contributed by atoms with Gasteiger partial charge in [-0.1, -0.05) is 39.0 Å². The van der Waals surface area contributed by atoms with Gasteiger partial charge in [0, 0.05) is 32.2 Å². The molecule has 1 aromatic rings. The van der Waals surface area contributed by atoms with Crippen LogP contribution in [0.5, 0.6) is 0 Å². The lowest BCUT2D eigenvalue weighted by Gasteiger charge is -2.39. The Balaban J connectivity index is 1.95. The number of nitrogens with one attached hydrogen (secondary N) is 2. The van der Waals surface area contributed by atoms with Gasteiger partial charge in [-0.3, -0.25) is 4.99 Å². The molecule has 1 saturated heterocycles. The van der Waals surface area contributed by atoms with E-state index in [1.54, 1.807) is 24.3 Å². The van der Waals surface area contributed by atoms with E-state index in [-0.39, 0.29) is 17.3 Å². The number of aliphatic imine (C=N–C) groups is 1. The van der Waals surface area contributed by atoms with Crippen molar-refractivity contribution in [2.24, 2.45) is 16.3 Å². The minimum atomic E-state index is -3.30. The average Bonchev–Trinajstić information content (AvgIpc) is 2.66. The Morgan fingerprint density at radius 2 is 1.93 bits per heavy atom. The number of sulfone groups is 1. The zero-order valence-electron chi connectivity index (χ0n) is 17.6. The van der Waals surface area contributed by atoms with Gasteiger partial charge in [0.25, 0.3) is 0 Å². The molecule has 2 rings (SSSR count). The van der Waals surface area contributed by atoms with E-state index in [0.29, 0.717) is 29.9 Å². The van der Waals surface area contributed by atoms with Crippen molar-refractivity contribution in [3.63, 3.8) is 0 Å². The van der Waals surface area contributed by atoms with Crippen molar-refractivity contribution < 1.29 is 13.2 Å². The fourth-order valence-corrected chi connectivity index (χ4v) is 4.77. The summed E-state index contributed by atoms with van der Waals surface area (Å²) in [5.41, 5.74) is 0.0795. The molecular formula is C21H35N3O3S. The fourth-order valence-electron chi connectivity index (χ4n) is 3.59. The highest BCUT2D eigenvalue weighted by Crippen LogP contribution is 2.34. The van der Waals surface area contributed by atoms with E-state index in [2.05, 4.69) is 31.4 Å². The summed E-state index contributed by atoms with van der Waals surface area (Å²) >= 11 is 0. The van der Waals surface area contributed by atoms with Crippen LogP contribution in [0.25, 0.3) is 0 Å². The van der Waals surface area contributed by atoms with Gasteiger partial charge in [-0.15, -0.1) is 0 Å². The number of benzene rings is 1. The third kappa shape index (κ3) is 6.78. The van der Waals surface area contributed by atoms with Crippen molar-refractivity contribution in [1.29, 1.82) is 0 Å². The van der Waals surface area contributed by atoms with Crippen LogP contribution in [0.1, 0.15) is 40.5 Å². The van der Waals surface area contributed by atoms with E-state index in [9.17, 15) is 8.42 Å². The zero-order valence-corrected chi connectivity index (χ0v) is 18.4. The third-order valence-electron chi connectivity index (χ3n) is 4.89. The standard InChI is InChI=1S/C21H35N3O3S/c1-5-22-20(23-13-15-28(25,26)18-11-7-6-8-12-18)24-16-17-10-9-14-27-19(17)21(2,3)4/h6-8,11-12,17,19H,5,9-10,13-16H2,1-4H3,(H2,22,23,24). The van der Waals surface area contributed by atoms with Crippen molar-refractivity contribution in [1.82, 2.24) is 10.6 Å². The van der Waals surface area contributed by atoms with E-state index in [4.69, 9.17) is 9.73 Å². The maximum Gasteiger partial charge on any atom is 0.191 e. The Morgan fingerprint density at radius 1 is 1.21 bits per heavy atom. The van der Waals surface area contributed by atoms with Crippen molar-refractivity contribution in [3.8, 4) is 0 Å². The van der Waals surface area contributed by atoms with Gasteiger partial charge in [-0.25, -0.2) is 8.42 Å². The monoisotopic (exact) mass is 409 g/mol. The largest absolute Gasteiger partial charge is 0.377 e. The molecule has 0 saturated carbocycles. The molecule has 2 N–H and O–H groups in total. The van der Waals surface area contributed by atoms with Gasteiger partial charge in [0.1, 0.15) is 0 Å².